The highest BCUT2D eigenvalue weighted by Crippen LogP contribution is 2.34. The monoisotopic (exact) mass is 360 g/mol. The summed E-state index contributed by atoms with van der Waals surface area (Å²) in [6.45, 7) is 7.07. The summed E-state index contributed by atoms with van der Waals surface area (Å²) in [6.07, 6.45) is 5.28. The van der Waals surface area contributed by atoms with Crippen LogP contribution < -0.4 is 0 Å². The van der Waals surface area contributed by atoms with Crippen molar-refractivity contribution in [1.82, 2.24) is 29.5 Å². The smallest absolute Gasteiger partial charge is 0.222 e. The third kappa shape index (κ3) is 4.09. The third-order valence-corrected chi connectivity index (χ3v) is 6.33. The van der Waals surface area contributed by atoms with Crippen LogP contribution in [-0.4, -0.2) is 81.7 Å². The van der Waals surface area contributed by atoms with Crippen LogP contribution in [0.4, 0.5) is 0 Å². The molecule has 0 N–H and O–H groups in total. The van der Waals surface area contributed by atoms with E-state index in [-0.39, 0.29) is 0 Å². The molecule has 1 aliphatic carbocycles. The predicted octanol–water partition coefficient (Wildman–Crippen LogP) is 1.07. The summed E-state index contributed by atoms with van der Waals surface area (Å²) in [6, 6.07) is 0. The molecule has 1 aromatic rings. The number of piperidine rings is 1. The molecule has 0 spiro atoms. The molecular weight excluding hydrogens is 328 g/mol. The maximum atomic E-state index is 12.3. The molecule has 144 valence electrons. The second-order valence-corrected chi connectivity index (χ2v) is 8.42. The van der Waals surface area contributed by atoms with Crippen molar-refractivity contribution in [3.63, 3.8) is 0 Å². The zero-order valence-electron chi connectivity index (χ0n) is 16.2. The molecule has 3 fully saturated rings. The highest BCUT2D eigenvalue weighted by atomic mass is 16.2. The van der Waals surface area contributed by atoms with Gasteiger partial charge >= 0.3 is 0 Å². The van der Waals surface area contributed by atoms with Crippen molar-refractivity contribution >= 4 is 5.91 Å². The van der Waals surface area contributed by atoms with Gasteiger partial charge in [-0.15, -0.1) is 10.2 Å². The van der Waals surface area contributed by atoms with Crippen molar-refractivity contribution in [3.8, 4) is 0 Å². The van der Waals surface area contributed by atoms with E-state index >= 15 is 0 Å². The number of carbonyl (C=O) groups is 1. The fourth-order valence-corrected chi connectivity index (χ4v) is 4.16. The molecular formula is C19H32N6O. The number of nitrogens with zero attached hydrogens (tertiary/aromatic N) is 6. The van der Waals surface area contributed by atoms with Gasteiger partial charge in [-0.2, -0.15) is 0 Å². The molecule has 7 nitrogen and oxygen atoms in total. The Morgan fingerprint density at radius 1 is 0.962 bits per heavy atom. The van der Waals surface area contributed by atoms with Crippen LogP contribution in [0.25, 0.3) is 0 Å². The number of carbonyl (C=O) groups excluding carboxylic acids is 1. The van der Waals surface area contributed by atoms with Gasteiger partial charge in [-0.05, 0) is 38.6 Å². The van der Waals surface area contributed by atoms with E-state index in [2.05, 4.69) is 43.6 Å². The van der Waals surface area contributed by atoms with E-state index in [0.717, 1.165) is 76.7 Å². The van der Waals surface area contributed by atoms with Gasteiger partial charge in [0.2, 0.25) is 5.91 Å². The summed E-state index contributed by atoms with van der Waals surface area (Å²) in [5.41, 5.74) is 0. The van der Waals surface area contributed by atoms with Crippen molar-refractivity contribution in [1.29, 1.82) is 0 Å². The molecule has 4 rings (SSSR count). The molecule has 0 atom stereocenters. The number of likely N-dealkylation sites (tertiary alicyclic amines) is 1. The number of aromatic nitrogens is 3. The maximum absolute atomic E-state index is 12.3. The van der Waals surface area contributed by atoms with E-state index in [4.69, 9.17) is 0 Å². The standard InChI is InChI=1S/C19H32N6O/c1-22-9-11-24(12-10-22)14-17-20-21-19(23(17)2)16-5-7-25(8-6-16)18(26)13-15-3-4-15/h15-16H,3-14H2,1-2H3. The second kappa shape index (κ2) is 7.64. The van der Waals surface area contributed by atoms with Gasteiger partial charge in [0.15, 0.2) is 0 Å². The van der Waals surface area contributed by atoms with Gasteiger partial charge in [0.1, 0.15) is 11.6 Å². The summed E-state index contributed by atoms with van der Waals surface area (Å²) >= 11 is 0. The first-order valence-corrected chi connectivity index (χ1v) is 10.2. The third-order valence-electron chi connectivity index (χ3n) is 6.33. The largest absolute Gasteiger partial charge is 0.343 e. The van der Waals surface area contributed by atoms with Gasteiger partial charge in [-0.25, -0.2) is 0 Å². The van der Waals surface area contributed by atoms with Crippen molar-refractivity contribution in [2.24, 2.45) is 13.0 Å². The molecule has 0 radical (unpaired) electrons. The molecule has 0 bridgehead atoms. The first-order valence-electron chi connectivity index (χ1n) is 10.2. The number of piperazine rings is 1. The molecule has 2 aliphatic heterocycles. The van der Waals surface area contributed by atoms with Crippen LogP contribution in [-0.2, 0) is 18.4 Å². The minimum absolute atomic E-state index is 0.361. The molecule has 1 saturated carbocycles. The molecule has 3 heterocycles. The van der Waals surface area contributed by atoms with Crippen LogP contribution in [0.15, 0.2) is 0 Å². The molecule has 1 aromatic heterocycles. The lowest BCUT2D eigenvalue weighted by Crippen LogP contribution is -2.44. The quantitative estimate of drug-likeness (QED) is 0.786. The van der Waals surface area contributed by atoms with E-state index in [9.17, 15) is 4.79 Å². The van der Waals surface area contributed by atoms with Crippen molar-refractivity contribution in [2.75, 3.05) is 46.3 Å². The Hall–Kier alpha value is -1.47. The number of amides is 1. The summed E-state index contributed by atoms with van der Waals surface area (Å²) in [4.78, 5) is 19.2. The Morgan fingerprint density at radius 3 is 2.31 bits per heavy atom. The van der Waals surface area contributed by atoms with Gasteiger partial charge in [-0.1, -0.05) is 0 Å². The van der Waals surface area contributed by atoms with Crippen LogP contribution in [0.2, 0.25) is 0 Å². The van der Waals surface area contributed by atoms with Gasteiger partial charge in [-0.3, -0.25) is 9.69 Å². The lowest BCUT2D eigenvalue weighted by molar-refractivity contribution is -0.132. The highest BCUT2D eigenvalue weighted by molar-refractivity contribution is 5.76. The Labute approximate surface area is 156 Å². The van der Waals surface area contributed by atoms with Crippen LogP contribution in [0.1, 0.15) is 49.7 Å². The van der Waals surface area contributed by atoms with Gasteiger partial charge in [0, 0.05) is 58.7 Å². The van der Waals surface area contributed by atoms with E-state index < -0.39 is 0 Å². The minimum atomic E-state index is 0.361. The zero-order valence-corrected chi connectivity index (χ0v) is 16.2. The lowest BCUT2D eigenvalue weighted by atomic mass is 9.95. The Bertz CT molecular complexity index is 624. The zero-order chi connectivity index (χ0) is 18.1. The summed E-state index contributed by atoms with van der Waals surface area (Å²) in [7, 11) is 4.28. The second-order valence-electron chi connectivity index (χ2n) is 8.42. The average Bonchev–Trinajstić information content (AvgIpc) is 3.39. The number of likely N-dealkylation sites (N-methyl/N-ethyl adjacent to an activating group) is 1. The minimum Gasteiger partial charge on any atom is -0.343 e. The summed E-state index contributed by atoms with van der Waals surface area (Å²) in [5.74, 6) is 3.63. The van der Waals surface area contributed by atoms with Gasteiger partial charge in [0.05, 0.1) is 6.54 Å². The summed E-state index contributed by atoms with van der Waals surface area (Å²) < 4.78 is 2.20. The normalized spacial score (nSPS) is 23.5. The fraction of sp³-hybridized carbons (Fsp3) is 0.842. The van der Waals surface area contributed by atoms with Crippen molar-refractivity contribution in [2.45, 2.75) is 44.6 Å². The Morgan fingerprint density at radius 2 is 1.65 bits per heavy atom. The highest BCUT2D eigenvalue weighted by Gasteiger charge is 2.31. The summed E-state index contributed by atoms with van der Waals surface area (Å²) in [5, 5.41) is 9.00. The topological polar surface area (TPSA) is 57.5 Å². The number of rotatable bonds is 5. The molecule has 0 unspecified atom stereocenters. The molecule has 7 heteroatoms. The Balaban J connectivity index is 1.31. The van der Waals surface area contributed by atoms with E-state index in [1.54, 1.807) is 0 Å². The maximum Gasteiger partial charge on any atom is 0.222 e. The molecule has 26 heavy (non-hydrogen) atoms. The van der Waals surface area contributed by atoms with Crippen molar-refractivity contribution < 1.29 is 4.79 Å². The van der Waals surface area contributed by atoms with Crippen LogP contribution >= 0.6 is 0 Å². The van der Waals surface area contributed by atoms with E-state index in [1.807, 2.05) is 0 Å². The predicted molar refractivity (Wildman–Crippen MR) is 99.7 cm³/mol. The lowest BCUT2D eigenvalue weighted by Gasteiger charge is -2.32. The molecule has 2 saturated heterocycles. The SMILES string of the molecule is CN1CCN(Cc2nnc(C3CCN(C(=O)CC4CC4)CC3)n2C)CC1. The first kappa shape index (κ1) is 17.9. The fourth-order valence-electron chi connectivity index (χ4n) is 4.16. The van der Waals surface area contributed by atoms with Crippen molar-refractivity contribution in [3.05, 3.63) is 11.6 Å². The molecule has 3 aliphatic rings. The molecule has 0 aromatic carbocycles. The van der Waals surface area contributed by atoms with Crippen LogP contribution in [0.3, 0.4) is 0 Å². The number of hydrogen-bond donors (Lipinski definition) is 0. The first-order chi connectivity index (χ1) is 12.6. The molecule has 1 amide bonds. The van der Waals surface area contributed by atoms with Crippen LogP contribution in [0, 0.1) is 5.92 Å². The number of hydrogen-bond acceptors (Lipinski definition) is 5. The van der Waals surface area contributed by atoms with E-state index in [0.29, 0.717) is 17.7 Å². The average molecular weight is 361 g/mol. The van der Waals surface area contributed by atoms with Crippen LogP contribution in [0.5, 0.6) is 0 Å². The Kier molecular flexibility index (Phi) is 5.27. The van der Waals surface area contributed by atoms with Gasteiger partial charge < -0.3 is 14.4 Å². The van der Waals surface area contributed by atoms with Gasteiger partial charge in [0.25, 0.3) is 0 Å². The van der Waals surface area contributed by atoms with E-state index in [1.165, 1.54) is 12.8 Å².